The van der Waals surface area contributed by atoms with E-state index in [0.29, 0.717) is 37.4 Å². The first-order chi connectivity index (χ1) is 12.0. The van der Waals surface area contributed by atoms with Crippen molar-refractivity contribution < 1.29 is 23.9 Å². The molecule has 1 aliphatic heterocycles. The highest BCUT2D eigenvalue weighted by atomic mass is 16.5. The molecular formula is C18H24N2O5. The van der Waals surface area contributed by atoms with Crippen molar-refractivity contribution in [1.29, 1.82) is 0 Å². The molecule has 1 fully saturated rings. The Balaban J connectivity index is 1.99. The minimum absolute atomic E-state index is 0.122. The molecule has 0 radical (unpaired) electrons. The summed E-state index contributed by atoms with van der Waals surface area (Å²) in [7, 11) is 1.31. The number of hydrogen-bond acceptors (Lipinski definition) is 6. The van der Waals surface area contributed by atoms with Crippen molar-refractivity contribution in [3.8, 4) is 0 Å². The number of amides is 1. The van der Waals surface area contributed by atoms with Crippen LogP contribution in [0.3, 0.4) is 0 Å². The number of esters is 2. The molecule has 7 nitrogen and oxygen atoms in total. The Labute approximate surface area is 147 Å². The number of ether oxygens (including phenoxy) is 2. The summed E-state index contributed by atoms with van der Waals surface area (Å²) in [5, 5.41) is 0. The second-order valence-corrected chi connectivity index (χ2v) is 5.80. The third kappa shape index (κ3) is 5.29. The molecule has 0 N–H and O–H groups in total. The molecule has 0 aromatic heterocycles. The monoisotopic (exact) mass is 348 g/mol. The highest BCUT2D eigenvalue weighted by molar-refractivity contribution is 5.97. The Morgan fingerprint density at radius 3 is 2.56 bits per heavy atom. The van der Waals surface area contributed by atoms with Crippen molar-refractivity contribution in [2.45, 2.75) is 13.3 Å². The van der Waals surface area contributed by atoms with Gasteiger partial charge in [-0.2, -0.15) is 0 Å². The molecule has 1 aliphatic rings. The molecule has 0 aliphatic carbocycles. The maximum Gasteiger partial charge on any atom is 0.337 e. The second-order valence-electron chi connectivity index (χ2n) is 5.80. The van der Waals surface area contributed by atoms with E-state index in [1.807, 2.05) is 4.90 Å². The van der Waals surface area contributed by atoms with Crippen LogP contribution in [0.4, 0.5) is 0 Å². The zero-order valence-electron chi connectivity index (χ0n) is 14.7. The Morgan fingerprint density at radius 1 is 1.08 bits per heavy atom. The number of carbonyl (C=O) groups excluding carboxylic acids is 3. The third-order valence-corrected chi connectivity index (χ3v) is 4.06. The molecule has 0 unspecified atom stereocenters. The summed E-state index contributed by atoms with van der Waals surface area (Å²) in [4.78, 5) is 39.7. The molecule has 0 saturated carbocycles. The number of rotatable bonds is 5. The summed E-state index contributed by atoms with van der Waals surface area (Å²) in [6.07, 6.45) is 0.780. The van der Waals surface area contributed by atoms with E-state index in [0.717, 1.165) is 13.0 Å². The number of methoxy groups -OCH3 is 1. The highest BCUT2D eigenvalue weighted by Crippen LogP contribution is 2.12. The topological polar surface area (TPSA) is 76.2 Å². The molecule has 2 rings (SSSR count). The van der Waals surface area contributed by atoms with Gasteiger partial charge in [0.05, 0.1) is 25.8 Å². The van der Waals surface area contributed by atoms with E-state index >= 15 is 0 Å². The minimum Gasteiger partial charge on any atom is -0.465 e. The second kappa shape index (κ2) is 9.17. The average molecular weight is 348 g/mol. The molecule has 1 heterocycles. The molecule has 1 saturated heterocycles. The standard InChI is InChI=1S/C18H24N2O5/c1-3-25-16(21)13-19-8-5-9-20(11-10-19)17(22)14-6-4-7-15(12-14)18(23)24-2/h4,6-7,12H,3,5,8-11,13H2,1-2H3. The van der Waals surface area contributed by atoms with E-state index in [-0.39, 0.29) is 18.4 Å². The van der Waals surface area contributed by atoms with Gasteiger partial charge in [-0.1, -0.05) is 6.07 Å². The van der Waals surface area contributed by atoms with Crippen molar-refractivity contribution >= 4 is 17.8 Å². The van der Waals surface area contributed by atoms with Crippen LogP contribution in [0.5, 0.6) is 0 Å². The molecule has 1 amide bonds. The lowest BCUT2D eigenvalue weighted by molar-refractivity contribution is -0.144. The number of carbonyl (C=O) groups is 3. The summed E-state index contributed by atoms with van der Waals surface area (Å²) in [5.41, 5.74) is 0.814. The Hall–Kier alpha value is -2.41. The molecule has 0 atom stereocenters. The van der Waals surface area contributed by atoms with Gasteiger partial charge in [0.15, 0.2) is 0 Å². The Morgan fingerprint density at radius 2 is 1.84 bits per heavy atom. The summed E-state index contributed by atoms with van der Waals surface area (Å²) in [5.74, 6) is -0.831. The molecule has 1 aromatic carbocycles. The Kier molecular flexibility index (Phi) is 6.94. The lowest BCUT2D eigenvalue weighted by Crippen LogP contribution is -2.37. The minimum atomic E-state index is -0.467. The van der Waals surface area contributed by atoms with Crippen LogP contribution in [0.2, 0.25) is 0 Å². The fourth-order valence-corrected chi connectivity index (χ4v) is 2.80. The van der Waals surface area contributed by atoms with Gasteiger partial charge in [0.25, 0.3) is 5.91 Å². The molecule has 0 spiro atoms. The first kappa shape index (κ1) is 18.9. The van der Waals surface area contributed by atoms with E-state index in [1.165, 1.54) is 7.11 Å². The van der Waals surface area contributed by atoms with Gasteiger partial charge >= 0.3 is 11.9 Å². The third-order valence-electron chi connectivity index (χ3n) is 4.06. The van der Waals surface area contributed by atoms with Gasteiger partial charge < -0.3 is 14.4 Å². The summed E-state index contributed by atoms with van der Waals surface area (Å²) in [6.45, 7) is 4.89. The predicted molar refractivity (Wildman–Crippen MR) is 91.4 cm³/mol. The molecule has 25 heavy (non-hydrogen) atoms. The van der Waals surface area contributed by atoms with Gasteiger partial charge in [-0.3, -0.25) is 14.5 Å². The van der Waals surface area contributed by atoms with Crippen molar-refractivity contribution in [1.82, 2.24) is 9.80 Å². The van der Waals surface area contributed by atoms with Crippen LogP contribution in [-0.4, -0.2) is 74.1 Å². The van der Waals surface area contributed by atoms with Crippen molar-refractivity contribution in [3.05, 3.63) is 35.4 Å². The van der Waals surface area contributed by atoms with Crippen molar-refractivity contribution in [3.63, 3.8) is 0 Å². The van der Waals surface area contributed by atoms with Crippen molar-refractivity contribution in [2.75, 3.05) is 46.4 Å². The van der Waals surface area contributed by atoms with Crippen LogP contribution in [0, 0.1) is 0 Å². The van der Waals surface area contributed by atoms with Crippen molar-refractivity contribution in [2.24, 2.45) is 0 Å². The normalized spacial score (nSPS) is 15.4. The summed E-state index contributed by atoms with van der Waals surface area (Å²) in [6, 6.07) is 6.53. The quantitative estimate of drug-likeness (QED) is 0.744. The largest absolute Gasteiger partial charge is 0.465 e. The highest BCUT2D eigenvalue weighted by Gasteiger charge is 2.22. The van der Waals surface area contributed by atoms with Crippen LogP contribution < -0.4 is 0 Å². The lowest BCUT2D eigenvalue weighted by atomic mass is 10.1. The van der Waals surface area contributed by atoms with Crippen LogP contribution >= 0.6 is 0 Å². The summed E-state index contributed by atoms with van der Waals surface area (Å²) < 4.78 is 9.66. The molecule has 1 aromatic rings. The first-order valence-electron chi connectivity index (χ1n) is 8.40. The van der Waals surface area contributed by atoms with E-state index in [2.05, 4.69) is 0 Å². The summed E-state index contributed by atoms with van der Waals surface area (Å²) >= 11 is 0. The van der Waals surface area contributed by atoms with Gasteiger partial charge in [0, 0.05) is 31.7 Å². The van der Waals surface area contributed by atoms with Crippen LogP contribution in [-0.2, 0) is 14.3 Å². The van der Waals surface area contributed by atoms with E-state index < -0.39 is 5.97 Å². The molecule has 0 bridgehead atoms. The Bertz CT molecular complexity index is 632. The number of hydrogen-bond donors (Lipinski definition) is 0. The first-order valence-corrected chi connectivity index (χ1v) is 8.40. The smallest absolute Gasteiger partial charge is 0.337 e. The van der Waals surface area contributed by atoms with Crippen LogP contribution in [0.25, 0.3) is 0 Å². The van der Waals surface area contributed by atoms with Gasteiger partial charge in [0.2, 0.25) is 0 Å². The van der Waals surface area contributed by atoms with Crippen LogP contribution in [0.1, 0.15) is 34.1 Å². The van der Waals surface area contributed by atoms with Crippen LogP contribution in [0.15, 0.2) is 24.3 Å². The number of benzene rings is 1. The predicted octanol–water partition coefficient (Wildman–Crippen LogP) is 1.18. The van der Waals surface area contributed by atoms with E-state index in [4.69, 9.17) is 9.47 Å². The maximum absolute atomic E-state index is 12.7. The average Bonchev–Trinajstić information content (AvgIpc) is 2.86. The lowest BCUT2D eigenvalue weighted by Gasteiger charge is -2.21. The van der Waals surface area contributed by atoms with E-state index in [1.54, 1.807) is 36.1 Å². The van der Waals surface area contributed by atoms with Gasteiger partial charge in [-0.05, 0) is 31.5 Å². The van der Waals surface area contributed by atoms with Gasteiger partial charge in [-0.25, -0.2) is 4.79 Å². The SMILES string of the molecule is CCOC(=O)CN1CCCN(C(=O)c2cccc(C(=O)OC)c2)CC1. The van der Waals surface area contributed by atoms with E-state index in [9.17, 15) is 14.4 Å². The molecular weight excluding hydrogens is 324 g/mol. The fourth-order valence-electron chi connectivity index (χ4n) is 2.80. The molecule has 136 valence electrons. The zero-order valence-corrected chi connectivity index (χ0v) is 14.7. The fraction of sp³-hybridized carbons (Fsp3) is 0.500. The number of nitrogens with zero attached hydrogens (tertiary/aromatic N) is 2. The molecule has 7 heteroatoms. The maximum atomic E-state index is 12.7. The zero-order chi connectivity index (χ0) is 18.2. The van der Waals surface area contributed by atoms with Gasteiger partial charge in [-0.15, -0.1) is 0 Å². The van der Waals surface area contributed by atoms with Gasteiger partial charge in [0.1, 0.15) is 0 Å².